The summed E-state index contributed by atoms with van der Waals surface area (Å²) in [7, 11) is 0. The summed E-state index contributed by atoms with van der Waals surface area (Å²) in [5, 5.41) is 7.04. The molecule has 0 bridgehead atoms. The van der Waals surface area contributed by atoms with Gasteiger partial charge in [0, 0.05) is 19.1 Å². The fourth-order valence-corrected chi connectivity index (χ4v) is 3.40. The molecule has 1 aromatic heterocycles. The van der Waals surface area contributed by atoms with E-state index in [0.29, 0.717) is 19.8 Å². The van der Waals surface area contributed by atoms with Crippen LogP contribution in [0, 0.1) is 0 Å². The highest BCUT2D eigenvalue weighted by Gasteiger charge is 2.36. The summed E-state index contributed by atoms with van der Waals surface area (Å²) in [6.07, 6.45) is 0. The second kappa shape index (κ2) is 7.17. The molecule has 20 heavy (non-hydrogen) atoms. The molecule has 0 radical (unpaired) electrons. The molecule has 0 aromatic carbocycles. The summed E-state index contributed by atoms with van der Waals surface area (Å²) in [5.41, 5.74) is 7.37. The largest absolute Gasteiger partial charge is 0.378 e. The zero-order valence-corrected chi connectivity index (χ0v) is 12.9. The Labute approximate surface area is 124 Å². The average Bonchev–Trinajstić information content (AvgIpc) is 2.93. The molecule has 1 aromatic rings. The van der Waals surface area contributed by atoms with Gasteiger partial charge < -0.3 is 15.8 Å². The highest BCUT2D eigenvalue weighted by Crippen LogP contribution is 2.28. The molecule has 112 valence electrons. The Balaban J connectivity index is 2.22. The van der Waals surface area contributed by atoms with Gasteiger partial charge in [-0.3, -0.25) is 9.69 Å². The minimum absolute atomic E-state index is 0.0214. The van der Waals surface area contributed by atoms with Gasteiger partial charge in [-0.05, 0) is 36.2 Å². The Hall–Kier alpha value is -0.950. The van der Waals surface area contributed by atoms with E-state index in [4.69, 9.17) is 10.5 Å². The van der Waals surface area contributed by atoms with E-state index in [9.17, 15) is 4.79 Å². The van der Waals surface area contributed by atoms with Gasteiger partial charge in [0.25, 0.3) is 0 Å². The second-order valence-corrected chi connectivity index (χ2v) is 5.86. The van der Waals surface area contributed by atoms with Gasteiger partial charge in [0.05, 0.1) is 19.3 Å². The second-order valence-electron chi connectivity index (χ2n) is 5.08. The third kappa shape index (κ3) is 3.38. The Morgan fingerprint density at radius 3 is 3.10 bits per heavy atom. The first-order chi connectivity index (χ1) is 9.65. The number of nitrogens with zero attached hydrogens (tertiary/aromatic N) is 1. The van der Waals surface area contributed by atoms with Crippen molar-refractivity contribution in [1.29, 1.82) is 0 Å². The summed E-state index contributed by atoms with van der Waals surface area (Å²) in [5.74, 6) is 0.0214. The van der Waals surface area contributed by atoms with Crippen molar-refractivity contribution < 1.29 is 9.53 Å². The van der Waals surface area contributed by atoms with Crippen LogP contribution in [0.5, 0.6) is 0 Å². The third-order valence-electron chi connectivity index (χ3n) is 3.56. The van der Waals surface area contributed by atoms with Crippen molar-refractivity contribution >= 4 is 17.2 Å². The number of nitrogens with two attached hydrogens (primary N) is 1. The fraction of sp³-hybridized carbons (Fsp3) is 0.643. The third-order valence-corrected chi connectivity index (χ3v) is 4.27. The van der Waals surface area contributed by atoms with Gasteiger partial charge in [-0.2, -0.15) is 11.3 Å². The summed E-state index contributed by atoms with van der Waals surface area (Å²) < 4.78 is 5.49. The van der Waals surface area contributed by atoms with E-state index in [1.807, 2.05) is 19.2 Å². The topological polar surface area (TPSA) is 67.6 Å². The normalized spacial score (nSPS) is 23.2. The van der Waals surface area contributed by atoms with Crippen LogP contribution in [0.4, 0.5) is 0 Å². The predicted molar refractivity (Wildman–Crippen MR) is 80.7 cm³/mol. The summed E-state index contributed by atoms with van der Waals surface area (Å²) in [6, 6.07) is 1.83. The molecule has 1 aliphatic heterocycles. The molecule has 0 aliphatic carbocycles. The molecular formula is C14H23N3O2S. The number of thiophene rings is 1. The number of morpholine rings is 1. The minimum atomic E-state index is -0.264. The molecular weight excluding hydrogens is 274 g/mol. The van der Waals surface area contributed by atoms with Crippen molar-refractivity contribution in [1.82, 2.24) is 10.2 Å². The smallest absolute Gasteiger partial charge is 0.239 e. The number of carbonyl (C=O) groups excluding carboxylic acids is 1. The summed E-state index contributed by atoms with van der Waals surface area (Å²) >= 11 is 1.66. The molecule has 1 saturated heterocycles. The average molecular weight is 297 g/mol. The molecule has 1 aliphatic rings. The molecule has 3 unspecified atom stereocenters. The molecule has 2 heterocycles. The van der Waals surface area contributed by atoms with Crippen LogP contribution in [0.15, 0.2) is 16.8 Å². The number of carbonyl (C=O) groups is 1. The quantitative estimate of drug-likeness (QED) is 0.850. The van der Waals surface area contributed by atoms with Crippen molar-refractivity contribution in [3.05, 3.63) is 22.4 Å². The first-order valence-corrected chi connectivity index (χ1v) is 7.98. The van der Waals surface area contributed by atoms with Gasteiger partial charge >= 0.3 is 0 Å². The van der Waals surface area contributed by atoms with Crippen molar-refractivity contribution in [3.8, 4) is 0 Å². The van der Waals surface area contributed by atoms with E-state index in [-0.39, 0.29) is 24.0 Å². The number of hydrogen-bond acceptors (Lipinski definition) is 5. The van der Waals surface area contributed by atoms with E-state index in [1.165, 1.54) is 5.56 Å². The van der Waals surface area contributed by atoms with Crippen molar-refractivity contribution in [2.24, 2.45) is 5.73 Å². The standard InChI is InChI=1S/C14H23N3O2S/c1-3-16-14(18)12-8-19-6-5-17(12)13(10(2)15)11-4-7-20-9-11/h4,7,9-10,12-13H,3,5-6,8,15H2,1-2H3,(H,16,18). The maximum Gasteiger partial charge on any atom is 0.239 e. The molecule has 0 spiro atoms. The molecule has 1 fully saturated rings. The maximum absolute atomic E-state index is 12.2. The van der Waals surface area contributed by atoms with Crippen molar-refractivity contribution in [2.45, 2.75) is 32.0 Å². The van der Waals surface area contributed by atoms with Crippen molar-refractivity contribution in [2.75, 3.05) is 26.3 Å². The first-order valence-electron chi connectivity index (χ1n) is 7.04. The first kappa shape index (κ1) is 15.4. The number of ether oxygens (including phenoxy) is 1. The van der Waals surface area contributed by atoms with Gasteiger partial charge in [-0.25, -0.2) is 0 Å². The zero-order valence-electron chi connectivity index (χ0n) is 12.0. The Bertz CT molecular complexity index is 422. The van der Waals surface area contributed by atoms with E-state index in [0.717, 1.165) is 6.54 Å². The van der Waals surface area contributed by atoms with E-state index < -0.39 is 0 Å². The summed E-state index contributed by atoms with van der Waals surface area (Å²) in [6.45, 7) is 6.34. The predicted octanol–water partition coefficient (Wildman–Crippen LogP) is 0.973. The highest BCUT2D eigenvalue weighted by molar-refractivity contribution is 7.07. The Morgan fingerprint density at radius 1 is 1.70 bits per heavy atom. The lowest BCUT2D eigenvalue weighted by molar-refractivity contribution is -0.135. The van der Waals surface area contributed by atoms with Gasteiger partial charge in [0.15, 0.2) is 0 Å². The van der Waals surface area contributed by atoms with Crippen LogP contribution in [0.3, 0.4) is 0 Å². The molecule has 1 amide bonds. The number of rotatable bonds is 5. The number of hydrogen-bond donors (Lipinski definition) is 2. The van der Waals surface area contributed by atoms with Gasteiger partial charge in [-0.15, -0.1) is 0 Å². The molecule has 0 saturated carbocycles. The fourth-order valence-electron chi connectivity index (χ4n) is 2.71. The molecule has 5 nitrogen and oxygen atoms in total. The lowest BCUT2D eigenvalue weighted by atomic mass is 9.99. The Morgan fingerprint density at radius 2 is 2.50 bits per heavy atom. The number of nitrogens with one attached hydrogen (secondary N) is 1. The van der Waals surface area contributed by atoms with Crippen molar-refractivity contribution in [3.63, 3.8) is 0 Å². The van der Waals surface area contributed by atoms with Crippen LogP contribution in [0.1, 0.15) is 25.5 Å². The SMILES string of the molecule is CCNC(=O)C1COCCN1C(c1ccsc1)C(C)N. The minimum Gasteiger partial charge on any atom is -0.378 e. The molecule has 3 atom stereocenters. The van der Waals surface area contributed by atoms with Gasteiger partial charge in [0.2, 0.25) is 5.91 Å². The highest BCUT2D eigenvalue weighted by atomic mass is 32.1. The molecule has 6 heteroatoms. The number of amides is 1. The maximum atomic E-state index is 12.2. The van der Waals surface area contributed by atoms with Crippen LogP contribution >= 0.6 is 11.3 Å². The van der Waals surface area contributed by atoms with E-state index >= 15 is 0 Å². The van der Waals surface area contributed by atoms with Gasteiger partial charge in [-0.1, -0.05) is 0 Å². The van der Waals surface area contributed by atoms with E-state index in [2.05, 4.69) is 21.7 Å². The lowest BCUT2D eigenvalue weighted by Crippen LogP contribution is -2.57. The van der Waals surface area contributed by atoms with Crippen LogP contribution in [0.25, 0.3) is 0 Å². The van der Waals surface area contributed by atoms with Crippen LogP contribution < -0.4 is 11.1 Å². The van der Waals surface area contributed by atoms with Crippen LogP contribution in [-0.4, -0.2) is 49.2 Å². The van der Waals surface area contributed by atoms with Crippen LogP contribution in [0.2, 0.25) is 0 Å². The zero-order chi connectivity index (χ0) is 14.5. The molecule has 2 rings (SSSR count). The van der Waals surface area contributed by atoms with E-state index in [1.54, 1.807) is 11.3 Å². The lowest BCUT2D eigenvalue weighted by Gasteiger charge is -2.41. The molecule has 3 N–H and O–H groups in total. The summed E-state index contributed by atoms with van der Waals surface area (Å²) in [4.78, 5) is 14.4. The Kier molecular flexibility index (Phi) is 5.54. The van der Waals surface area contributed by atoms with Crippen LogP contribution in [-0.2, 0) is 9.53 Å². The number of likely N-dealkylation sites (N-methyl/N-ethyl adjacent to an activating group) is 1. The monoisotopic (exact) mass is 297 g/mol. The van der Waals surface area contributed by atoms with Gasteiger partial charge in [0.1, 0.15) is 6.04 Å².